The van der Waals surface area contributed by atoms with E-state index in [1.54, 1.807) is 10.5 Å². The first kappa shape index (κ1) is 11.5. The number of rotatable bonds is 2. The third kappa shape index (κ3) is 1.77. The number of aromatic carboxylic acids is 1. The first-order valence-corrected chi connectivity index (χ1v) is 5.71. The van der Waals surface area contributed by atoms with Gasteiger partial charge in [-0.1, -0.05) is 5.16 Å². The van der Waals surface area contributed by atoms with Crippen molar-refractivity contribution in [3.05, 3.63) is 41.7 Å². The van der Waals surface area contributed by atoms with Gasteiger partial charge in [0.2, 0.25) is 0 Å². The van der Waals surface area contributed by atoms with Crippen LogP contribution in [0, 0.1) is 13.8 Å². The van der Waals surface area contributed by atoms with E-state index in [0.29, 0.717) is 5.65 Å². The van der Waals surface area contributed by atoms with Crippen molar-refractivity contribution in [3.63, 3.8) is 0 Å². The van der Waals surface area contributed by atoms with Gasteiger partial charge in [-0.25, -0.2) is 9.78 Å². The molecule has 0 spiro atoms. The van der Waals surface area contributed by atoms with E-state index in [-0.39, 0.29) is 5.69 Å². The molecule has 0 radical (unpaired) electrons. The highest BCUT2D eigenvalue weighted by atomic mass is 16.5. The SMILES string of the molecule is Cc1noc(C)c1-c1ccc2nc(C(=O)O)cn2c1. The molecule has 0 atom stereocenters. The highest BCUT2D eigenvalue weighted by molar-refractivity contribution is 5.86. The molecule has 1 N–H and O–H groups in total. The molecule has 0 aliphatic heterocycles. The molecule has 6 heteroatoms. The van der Waals surface area contributed by atoms with Gasteiger partial charge in [0, 0.05) is 23.5 Å². The molecule has 0 bridgehead atoms. The van der Waals surface area contributed by atoms with Crippen molar-refractivity contribution < 1.29 is 14.4 Å². The second-order valence-electron chi connectivity index (χ2n) is 4.31. The molecule has 0 aromatic carbocycles. The van der Waals surface area contributed by atoms with E-state index < -0.39 is 5.97 Å². The van der Waals surface area contributed by atoms with E-state index >= 15 is 0 Å². The van der Waals surface area contributed by atoms with Gasteiger partial charge in [0.25, 0.3) is 0 Å². The summed E-state index contributed by atoms with van der Waals surface area (Å²) in [4.78, 5) is 14.9. The van der Waals surface area contributed by atoms with Crippen molar-refractivity contribution in [1.82, 2.24) is 14.5 Å². The van der Waals surface area contributed by atoms with E-state index in [9.17, 15) is 4.79 Å². The number of hydrogen-bond donors (Lipinski definition) is 1. The Morgan fingerprint density at radius 3 is 2.74 bits per heavy atom. The molecular formula is C13H11N3O3. The smallest absolute Gasteiger partial charge is 0.356 e. The molecule has 3 rings (SSSR count). The first-order valence-electron chi connectivity index (χ1n) is 5.71. The van der Waals surface area contributed by atoms with Crippen LogP contribution in [0.25, 0.3) is 16.8 Å². The molecule has 96 valence electrons. The third-order valence-electron chi connectivity index (χ3n) is 2.99. The minimum atomic E-state index is -1.04. The maximum atomic E-state index is 10.9. The summed E-state index contributed by atoms with van der Waals surface area (Å²) in [6, 6.07) is 3.65. The Labute approximate surface area is 108 Å². The van der Waals surface area contributed by atoms with Gasteiger partial charge >= 0.3 is 5.97 Å². The molecule has 3 aromatic rings. The summed E-state index contributed by atoms with van der Waals surface area (Å²) in [5, 5.41) is 12.8. The molecule has 0 saturated carbocycles. The summed E-state index contributed by atoms with van der Waals surface area (Å²) in [6.07, 6.45) is 3.31. The van der Waals surface area contributed by atoms with Gasteiger partial charge in [-0.2, -0.15) is 0 Å². The number of aromatic nitrogens is 3. The lowest BCUT2D eigenvalue weighted by Crippen LogP contribution is -1.94. The van der Waals surface area contributed by atoms with Gasteiger partial charge in [-0.3, -0.25) is 0 Å². The second kappa shape index (κ2) is 3.94. The van der Waals surface area contributed by atoms with Crippen LogP contribution < -0.4 is 0 Å². The molecular weight excluding hydrogens is 246 g/mol. The number of fused-ring (bicyclic) bond motifs is 1. The number of nitrogens with zero attached hydrogens (tertiary/aromatic N) is 3. The minimum absolute atomic E-state index is 0.0240. The van der Waals surface area contributed by atoms with E-state index in [0.717, 1.165) is 22.6 Å². The standard InChI is InChI=1S/C13H11N3O3/c1-7-12(8(2)19-15-7)9-3-4-11-14-10(13(17)18)6-16(11)5-9/h3-6H,1-2H3,(H,17,18). The van der Waals surface area contributed by atoms with Gasteiger partial charge in [0.15, 0.2) is 5.69 Å². The number of carboxylic acid groups (broad SMARTS) is 1. The normalized spacial score (nSPS) is 11.1. The monoisotopic (exact) mass is 257 g/mol. The molecule has 0 saturated heterocycles. The summed E-state index contributed by atoms with van der Waals surface area (Å²) < 4.78 is 6.82. The van der Waals surface area contributed by atoms with Gasteiger partial charge in [-0.15, -0.1) is 0 Å². The predicted molar refractivity (Wildman–Crippen MR) is 67.1 cm³/mol. The van der Waals surface area contributed by atoms with Crippen LogP contribution in [0.3, 0.4) is 0 Å². The van der Waals surface area contributed by atoms with Crippen LogP contribution in [0.5, 0.6) is 0 Å². The highest BCUT2D eigenvalue weighted by Crippen LogP contribution is 2.27. The van der Waals surface area contributed by atoms with Crippen LogP contribution >= 0.6 is 0 Å². The van der Waals surface area contributed by atoms with Crippen LogP contribution in [0.2, 0.25) is 0 Å². The Hall–Kier alpha value is -2.63. The fourth-order valence-corrected chi connectivity index (χ4v) is 2.14. The Morgan fingerprint density at radius 1 is 1.32 bits per heavy atom. The van der Waals surface area contributed by atoms with E-state index in [4.69, 9.17) is 9.63 Å². The maximum absolute atomic E-state index is 10.9. The van der Waals surface area contributed by atoms with Crippen molar-refractivity contribution in [2.24, 2.45) is 0 Å². The second-order valence-corrected chi connectivity index (χ2v) is 4.31. The Bertz CT molecular complexity index is 766. The fourth-order valence-electron chi connectivity index (χ4n) is 2.14. The Kier molecular flexibility index (Phi) is 2.38. The maximum Gasteiger partial charge on any atom is 0.356 e. The number of pyridine rings is 1. The number of carboxylic acids is 1. The van der Waals surface area contributed by atoms with Crippen LogP contribution in [-0.4, -0.2) is 25.6 Å². The van der Waals surface area contributed by atoms with Crippen molar-refractivity contribution in [2.75, 3.05) is 0 Å². The van der Waals surface area contributed by atoms with Crippen LogP contribution in [0.15, 0.2) is 29.0 Å². The Morgan fingerprint density at radius 2 is 2.11 bits per heavy atom. The van der Waals surface area contributed by atoms with Gasteiger partial charge < -0.3 is 14.0 Å². The summed E-state index contributed by atoms with van der Waals surface area (Å²) in [7, 11) is 0. The van der Waals surface area contributed by atoms with E-state index in [1.807, 2.05) is 26.1 Å². The largest absolute Gasteiger partial charge is 0.476 e. The quantitative estimate of drug-likeness (QED) is 0.761. The number of aryl methyl sites for hydroxylation is 2. The molecule has 6 nitrogen and oxygen atoms in total. The molecule has 0 aliphatic rings. The topological polar surface area (TPSA) is 80.6 Å². The number of carbonyl (C=O) groups is 1. The summed E-state index contributed by atoms with van der Waals surface area (Å²) >= 11 is 0. The lowest BCUT2D eigenvalue weighted by Gasteiger charge is -2.01. The van der Waals surface area contributed by atoms with Crippen LogP contribution in [0.4, 0.5) is 0 Å². The van der Waals surface area contributed by atoms with Gasteiger partial charge in [0.1, 0.15) is 11.4 Å². The number of imidazole rings is 1. The molecule has 3 aromatic heterocycles. The zero-order valence-corrected chi connectivity index (χ0v) is 10.4. The van der Waals surface area contributed by atoms with Crippen LogP contribution in [0.1, 0.15) is 21.9 Å². The molecule has 0 unspecified atom stereocenters. The van der Waals surface area contributed by atoms with Crippen molar-refractivity contribution >= 4 is 11.6 Å². The average Bonchev–Trinajstić information content (AvgIpc) is 2.92. The molecule has 0 aliphatic carbocycles. The molecule has 0 amide bonds. The van der Waals surface area contributed by atoms with E-state index in [1.165, 1.54) is 6.20 Å². The van der Waals surface area contributed by atoms with Gasteiger partial charge in [-0.05, 0) is 26.0 Å². The summed E-state index contributed by atoms with van der Waals surface area (Å²) in [5.41, 5.74) is 3.25. The third-order valence-corrected chi connectivity index (χ3v) is 2.99. The van der Waals surface area contributed by atoms with Crippen molar-refractivity contribution in [3.8, 4) is 11.1 Å². The van der Waals surface area contributed by atoms with Crippen LogP contribution in [-0.2, 0) is 0 Å². The predicted octanol–water partition coefficient (Wildman–Crippen LogP) is 2.30. The zero-order chi connectivity index (χ0) is 13.6. The lowest BCUT2D eigenvalue weighted by atomic mass is 10.1. The van der Waals surface area contributed by atoms with E-state index in [2.05, 4.69) is 10.1 Å². The summed E-state index contributed by atoms with van der Waals surface area (Å²) in [5.74, 6) is -0.307. The average molecular weight is 257 g/mol. The molecule has 19 heavy (non-hydrogen) atoms. The summed E-state index contributed by atoms with van der Waals surface area (Å²) in [6.45, 7) is 3.71. The Balaban J connectivity index is 2.19. The molecule has 3 heterocycles. The highest BCUT2D eigenvalue weighted by Gasteiger charge is 2.13. The zero-order valence-electron chi connectivity index (χ0n) is 10.4. The minimum Gasteiger partial charge on any atom is -0.476 e. The van der Waals surface area contributed by atoms with Gasteiger partial charge in [0.05, 0.1) is 5.69 Å². The fraction of sp³-hybridized carbons (Fsp3) is 0.154. The lowest BCUT2D eigenvalue weighted by molar-refractivity contribution is 0.0691. The van der Waals surface area contributed by atoms with Crippen molar-refractivity contribution in [1.29, 1.82) is 0 Å². The molecule has 0 fully saturated rings. The van der Waals surface area contributed by atoms with Crippen molar-refractivity contribution in [2.45, 2.75) is 13.8 Å². The number of hydrogen-bond acceptors (Lipinski definition) is 4. The first-order chi connectivity index (χ1) is 9.06.